The van der Waals surface area contributed by atoms with Gasteiger partial charge in [-0.3, -0.25) is 14.5 Å². The third-order valence-corrected chi connectivity index (χ3v) is 17.8. The molecule has 0 saturated carbocycles. The summed E-state index contributed by atoms with van der Waals surface area (Å²) in [4.78, 5) is 33.0. The quantitative estimate of drug-likeness (QED) is 0.106. The Morgan fingerprint density at radius 1 is 1.05 bits per heavy atom. The van der Waals surface area contributed by atoms with E-state index >= 15 is 14.0 Å². The normalized spacial score (nSPS) is 24.3. The highest BCUT2D eigenvalue weighted by molar-refractivity contribution is 6.74. The van der Waals surface area contributed by atoms with Gasteiger partial charge in [-0.2, -0.15) is 0 Å². The molecule has 0 radical (unpaired) electrons. The zero-order valence-corrected chi connectivity index (χ0v) is 35.8. The van der Waals surface area contributed by atoms with Crippen molar-refractivity contribution >= 4 is 19.9 Å². The van der Waals surface area contributed by atoms with E-state index in [0.29, 0.717) is 12.1 Å². The summed E-state index contributed by atoms with van der Waals surface area (Å²) in [6, 6.07) is 19.9. The van der Waals surface area contributed by atoms with E-state index in [4.69, 9.17) is 18.4 Å². The number of halogens is 1. The van der Waals surface area contributed by atoms with Crippen molar-refractivity contribution in [3.8, 4) is 11.6 Å². The van der Waals surface area contributed by atoms with Gasteiger partial charge < -0.3 is 28.8 Å². The first-order valence-corrected chi connectivity index (χ1v) is 23.5. The van der Waals surface area contributed by atoms with E-state index in [9.17, 15) is 5.11 Å². The minimum atomic E-state index is -2.95. The highest BCUT2D eigenvalue weighted by Gasteiger charge is 2.67. The lowest BCUT2D eigenvalue weighted by Crippen LogP contribution is -2.65. The lowest BCUT2D eigenvalue weighted by atomic mass is 9.58. The van der Waals surface area contributed by atoms with Crippen LogP contribution >= 0.6 is 0 Å². The number of hydrogen-bond donors (Lipinski definition) is 2. The fourth-order valence-corrected chi connectivity index (χ4v) is 10.7. The number of ether oxygens (including phenoxy) is 2. The van der Waals surface area contributed by atoms with Crippen molar-refractivity contribution < 1.29 is 37.5 Å². The molecule has 1 saturated heterocycles. The highest BCUT2D eigenvalue weighted by atomic mass is 28.4. The summed E-state index contributed by atoms with van der Waals surface area (Å²) in [6.45, 7) is 15.5. The largest absolute Gasteiger partial charge is 0.508 e. The Hall–Kier alpha value is -4.88. The standard InChI is InChI=1S/C47H54FN3O7Si/c1-8-21-49-40-33-24-30-23-32-37(35(55-26-28-16-11-9-12-17-28)25-31(39(32)48)34-20-15-22-51(34)5)41(52)36(30)43(53)47(33,58-59(6,7)46(2,3)4)44(54)38-42(40)57-50-45(38)56-27-29-18-13-10-14-19-29/h8-14,16-19,25,30,33-34,40,49,53H,1,15,20-24,26-27H2,2-7H3/t30-,33-,34?,40-,47-/m0/s1. The predicted molar refractivity (Wildman–Crippen MR) is 225 cm³/mol. The number of hydrogen-bond acceptors (Lipinski definition) is 10. The fraction of sp³-hybridized carbons (Fsp3) is 0.426. The molecule has 310 valence electrons. The number of ketones is 2. The third-order valence-electron chi connectivity index (χ3n) is 13.3. The summed E-state index contributed by atoms with van der Waals surface area (Å²) >= 11 is 0. The van der Waals surface area contributed by atoms with Gasteiger partial charge >= 0.3 is 0 Å². The smallest absolute Gasteiger partial charge is 0.265 e. The lowest BCUT2D eigenvalue weighted by molar-refractivity contribution is -0.0319. The molecule has 0 bridgehead atoms. The molecule has 2 N–H and O–H groups in total. The Labute approximate surface area is 346 Å². The van der Waals surface area contributed by atoms with E-state index < -0.39 is 60.0 Å². The zero-order valence-electron chi connectivity index (χ0n) is 34.8. The van der Waals surface area contributed by atoms with E-state index in [-0.39, 0.29) is 71.8 Å². The minimum Gasteiger partial charge on any atom is -0.508 e. The molecular formula is C47H54FN3O7Si. The zero-order chi connectivity index (χ0) is 41.9. The van der Waals surface area contributed by atoms with Crippen molar-refractivity contribution in [3.05, 3.63) is 136 Å². The summed E-state index contributed by atoms with van der Waals surface area (Å²) in [5.41, 5.74) is 0.649. The van der Waals surface area contributed by atoms with Gasteiger partial charge in [-0.1, -0.05) is 87.5 Å². The number of nitrogens with one attached hydrogen (secondary N) is 1. The van der Waals surface area contributed by atoms with E-state index in [1.165, 1.54) is 0 Å². The van der Waals surface area contributed by atoms with E-state index in [0.717, 1.165) is 30.5 Å². The van der Waals surface area contributed by atoms with E-state index in [1.54, 1.807) is 12.1 Å². The molecule has 12 heteroatoms. The predicted octanol–water partition coefficient (Wildman–Crippen LogP) is 9.40. The Morgan fingerprint density at radius 2 is 1.71 bits per heavy atom. The molecule has 4 aromatic rings. The average Bonchev–Trinajstić information content (AvgIpc) is 3.84. The molecule has 59 heavy (non-hydrogen) atoms. The number of aromatic nitrogens is 1. The van der Waals surface area contributed by atoms with Gasteiger partial charge in [-0.05, 0) is 85.7 Å². The Bertz CT molecular complexity index is 2300. The second-order valence-electron chi connectivity index (χ2n) is 18.0. The van der Waals surface area contributed by atoms with Crippen molar-refractivity contribution in [2.75, 3.05) is 20.1 Å². The van der Waals surface area contributed by atoms with Crippen molar-refractivity contribution in [2.45, 2.75) is 95.5 Å². The number of likely N-dealkylation sites (tertiary alicyclic amines) is 1. The number of rotatable bonds is 12. The SMILES string of the molecule is C=CCN[C@@H]1c2onc(OCc3ccccc3)c2C(=O)[C@@]2(O[Si](C)(C)C(C)(C)C)C(O)=C3C(=O)c4c(OCc5ccccc5)cc(C5CCCN5C)c(F)c4C[C@H]3C[C@@H]12. The number of benzene rings is 3. The molecule has 0 spiro atoms. The molecule has 1 aliphatic heterocycles. The van der Waals surface area contributed by atoms with Gasteiger partial charge in [0.1, 0.15) is 36.1 Å². The average molecular weight is 820 g/mol. The third kappa shape index (κ3) is 6.97. The van der Waals surface area contributed by atoms with Crippen LogP contribution in [0.5, 0.6) is 11.6 Å². The van der Waals surface area contributed by atoms with Crippen LogP contribution in [0.4, 0.5) is 4.39 Å². The maximum atomic E-state index is 17.2. The summed E-state index contributed by atoms with van der Waals surface area (Å²) in [7, 11) is -0.962. The molecule has 5 atom stereocenters. The lowest BCUT2D eigenvalue weighted by Gasteiger charge is -2.54. The number of aliphatic hydroxyl groups is 1. The topological polar surface area (TPSA) is 123 Å². The van der Waals surface area contributed by atoms with Crippen LogP contribution in [0.3, 0.4) is 0 Å². The molecule has 10 nitrogen and oxygen atoms in total. The van der Waals surface area contributed by atoms with Gasteiger partial charge in [0.15, 0.2) is 25.5 Å². The monoisotopic (exact) mass is 819 g/mol. The van der Waals surface area contributed by atoms with Crippen LogP contribution in [-0.4, -0.2) is 60.8 Å². The second kappa shape index (κ2) is 15.6. The van der Waals surface area contributed by atoms with E-state index in [1.807, 2.05) is 80.8 Å². The first-order chi connectivity index (χ1) is 28.2. The number of fused-ring (bicyclic) bond motifs is 4. The van der Waals surface area contributed by atoms with Crippen LogP contribution in [0.1, 0.15) is 101 Å². The van der Waals surface area contributed by atoms with E-state index in [2.05, 4.69) is 42.7 Å². The number of Topliss-reactive ketones (excluding diaryl/α,β-unsaturated/α-hetero) is 2. The first kappa shape index (κ1) is 40.9. The van der Waals surface area contributed by atoms with Crippen molar-refractivity contribution in [1.29, 1.82) is 0 Å². The van der Waals surface area contributed by atoms with Crippen molar-refractivity contribution in [2.24, 2.45) is 11.8 Å². The maximum absolute atomic E-state index is 17.2. The number of carbonyl (C=O) groups excluding carboxylic acids is 2. The van der Waals surface area contributed by atoms with Crippen LogP contribution in [0, 0.1) is 17.7 Å². The number of aliphatic hydroxyl groups excluding tert-OH is 1. The molecule has 1 unspecified atom stereocenters. The Kier molecular flexibility index (Phi) is 10.8. The molecular weight excluding hydrogens is 766 g/mol. The molecule has 2 heterocycles. The molecule has 0 amide bonds. The number of nitrogens with zero attached hydrogens (tertiary/aromatic N) is 2. The van der Waals surface area contributed by atoms with Crippen LogP contribution in [-0.2, 0) is 24.1 Å². The Morgan fingerprint density at radius 3 is 2.32 bits per heavy atom. The van der Waals surface area contributed by atoms with Crippen LogP contribution in [0.2, 0.25) is 18.1 Å². The first-order valence-electron chi connectivity index (χ1n) is 20.6. The maximum Gasteiger partial charge on any atom is 0.265 e. The molecule has 1 aromatic heterocycles. The van der Waals surface area contributed by atoms with Crippen molar-refractivity contribution in [1.82, 2.24) is 15.4 Å². The summed E-state index contributed by atoms with van der Waals surface area (Å²) < 4.78 is 43.1. The van der Waals surface area contributed by atoms with Crippen molar-refractivity contribution in [3.63, 3.8) is 0 Å². The number of allylic oxidation sites excluding steroid dienone is 1. The van der Waals surface area contributed by atoms with Gasteiger partial charge in [-0.15, -0.1) is 6.58 Å². The summed E-state index contributed by atoms with van der Waals surface area (Å²) in [6.07, 6.45) is 3.72. The second-order valence-corrected chi connectivity index (χ2v) is 22.7. The molecule has 4 aliphatic rings. The van der Waals surface area contributed by atoms with Gasteiger partial charge in [0.25, 0.3) is 5.88 Å². The highest BCUT2D eigenvalue weighted by Crippen LogP contribution is 2.59. The molecule has 3 aromatic carbocycles. The molecule has 3 aliphatic carbocycles. The van der Waals surface area contributed by atoms with Gasteiger partial charge in [0, 0.05) is 35.2 Å². The summed E-state index contributed by atoms with van der Waals surface area (Å²) in [5.74, 6) is -2.99. The molecule has 1 fully saturated rings. The van der Waals surface area contributed by atoms with Gasteiger partial charge in [-0.25, -0.2) is 4.39 Å². The Balaban J connectivity index is 1.31. The minimum absolute atomic E-state index is 0.0285. The number of carbonyl (C=O) groups is 2. The van der Waals surface area contributed by atoms with Crippen LogP contribution in [0.25, 0.3) is 0 Å². The van der Waals surface area contributed by atoms with Gasteiger partial charge in [0.05, 0.1) is 11.6 Å². The van der Waals surface area contributed by atoms with Crippen LogP contribution < -0.4 is 14.8 Å². The fourth-order valence-electron chi connectivity index (χ4n) is 9.28. The molecule has 8 rings (SSSR count). The summed E-state index contributed by atoms with van der Waals surface area (Å²) in [5, 5.41) is 20.4. The van der Waals surface area contributed by atoms with Gasteiger partial charge in [0.2, 0.25) is 5.78 Å². The van der Waals surface area contributed by atoms with Crippen LogP contribution in [0.15, 0.2) is 95.2 Å².